The molecule has 0 rings (SSSR count). The zero-order valence-electron chi connectivity index (χ0n) is 51.1. The number of aliphatic hydroxyl groups is 1. The van der Waals surface area contributed by atoms with Crippen LogP contribution in [0.3, 0.4) is 0 Å². The number of nitrogens with zero attached hydrogens (tertiary/aromatic N) is 1. The van der Waals surface area contributed by atoms with Gasteiger partial charge in [-0.2, -0.15) is 0 Å². The van der Waals surface area contributed by atoms with E-state index in [1.165, 1.54) is 289 Å². The van der Waals surface area contributed by atoms with Crippen molar-refractivity contribution in [1.29, 1.82) is 0 Å². The van der Waals surface area contributed by atoms with Gasteiger partial charge in [-0.3, -0.25) is 13.8 Å². The lowest BCUT2D eigenvalue weighted by Gasteiger charge is -2.25. The number of phosphoric ester groups is 1. The lowest BCUT2D eigenvalue weighted by Crippen LogP contribution is -2.45. The number of rotatable bonds is 62. The molecule has 9 heteroatoms. The molecular weight excluding hydrogens is 948 g/mol. The van der Waals surface area contributed by atoms with Gasteiger partial charge in [-0.1, -0.05) is 314 Å². The lowest BCUT2D eigenvalue weighted by atomic mass is 10.0. The van der Waals surface area contributed by atoms with Crippen molar-refractivity contribution in [3.05, 3.63) is 24.3 Å². The highest BCUT2D eigenvalue weighted by molar-refractivity contribution is 7.47. The number of carbonyl (C=O) groups is 1. The van der Waals surface area contributed by atoms with Crippen LogP contribution in [0.4, 0.5) is 0 Å². The normalized spacial score (nSPS) is 13.9. The standard InChI is InChI=1S/C66H131N2O6P/c1-6-8-10-12-14-16-18-20-22-24-26-28-30-32-34-36-38-40-42-44-46-48-50-52-54-56-58-60-66(70)67-64(63-74-75(71,72)73-62-61-68(3,4)5)65(69)59-57-55-53-51-49-47-45-43-41-39-37-35-33-31-29-27-25-23-21-19-17-15-13-11-9-7-2/h24,26,57,59,64-65,69H,6-23,25,27-56,58,60-63H2,1-5H3,(H-,67,70,71,72)/p+1/b26-24-,59-57+. The number of hydrogen-bond acceptors (Lipinski definition) is 5. The molecule has 0 aromatic heterocycles. The Balaban J connectivity index is 4.09. The van der Waals surface area contributed by atoms with Crippen LogP contribution in [-0.2, 0) is 18.4 Å². The first-order valence-corrected chi connectivity index (χ1v) is 34.7. The minimum atomic E-state index is -4.35. The van der Waals surface area contributed by atoms with Gasteiger partial charge >= 0.3 is 7.82 Å². The van der Waals surface area contributed by atoms with Crippen molar-refractivity contribution < 1.29 is 32.9 Å². The molecule has 0 aliphatic rings. The molecule has 0 heterocycles. The number of nitrogens with one attached hydrogen (secondary N) is 1. The van der Waals surface area contributed by atoms with Crippen molar-refractivity contribution in [2.75, 3.05) is 40.9 Å². The highest BCUT2D eigenvalue weighted by Gasteiger charge is 2.28. The van der Waals surface area contributed by atoms with Crippen LogP contribution >= 0.6 is 7.82 Å². The smallest absolute Gasteiger partial charge is 0.387 e. The van der Waals surface area contributed by atoms with Crippen molar-refractivity contribution >= 4 is 13.7 Å². The summed E-state index contributed by atoms with van der Waals surface area (Å²) in [7, 11) is 1.59. The summed E-state index contributed by atoms with van der Waals surface area (Å²) in [5, 5.41) is 14.0. The Bertz CT molecular complexity index is 1270. The highest BCUT2D eigenvalue weighted by atomic mass is 31.2. The van der Waals surface area contributed by atoms with Crippen molar-refractivity contribution in [2.45, 2.75) is 353 Å². The maximum absolute atomic E-state index is 13.0. The van der Waals surface area contributed by atoms with E-state index < -0.39 is 20.0 Å². The van der Waals surface area contributed by atoms with Crippen LogP contribution in [0, 0.1) is 0 Å². The summed E-state index contributed by atoms with van der Waals surface area (Å²) in [5.41, 5.74) is 0. The molecule has 75 heavy (non-hydrogen) atoms. The van der Waals surface area contributed by atoms with Gasteiger partial charge in [0, 0.05) is 6.42 Å². The summed E-state index contributed by atoms with van der Waals surface area (Å²) >= 11 is 0. The molecule has 0 aromatic carbocycles. The van der Waals surface area contributed by atoms with E-state index in [1.807, 2.05) is 27.2 Å². The second-order valence-electron chi connectivity index (χ2n) is 24.2. The first-order chi connectivity index (χ1) is 36.5. The van der Waals surface area contributed by atoms with Crippen molar-refractivity contribution in [1.82, 2.24) is 5.32 Å². The number of amides is 1. The zero-order valence-corrected chi connectivity index (χ0v) is 52.0. The minimum absolute atomic E-state index is 0.0640. The van der Waals surface area contributed by atoms with Gasteiger partial charge in [-0.25, -0.2) is 4.57 Å². The van der Waals surface area contributed by atoms with Crippen LogP contribution in [0.15, 0.2) is 24.3 Å². The van der Waals surface area contributed by atoms with Crippen LogP contribution in [0.2, 0.25) is 0 Å². The van der Waals surface area contributed by atoms with Gasteiger partial charge in [0.25, 0.3) is 0 Å². The van der Waals surface area contributed by atoms with Crippen LogP contribution in [0.25, 0.3) is 0 Å². The molecule has 0 saturated carbocycles. The van der Waals surface area contributed by atoms with Gasteiger partial charge in [0.1, 0.15) is 13.2 Å². The Labute approximate surface area is 468 Å². The third-order valence-electron chi connectivity index (χ3n) is 15.4. The van der Waals surface area contributed by atoms with Gasteiger partial charge in [-0.05, 0) is 44.9 Å². The van der Waals surface area contributed by atoms with E-state index in [9.17, 15) is 19.4 Å². The summed E-state index contributed by atoms with van der Waals surface area (Å²) in [6, 6.07) is -0.845. The summed E-state index contributed by atoms with van der Waals surface area (Å²) in [4.78, 5) is 23.4. The maximum atomic E-state index is 13.0. The fourth-order valence-corrected chi connectivity index (χ4v) is 11.0. The molecule has 0 aliphatic carbocycles. The number of phosphoric acid groups is 1. The quantitative estimate of drug-likeness (QED) is 0.0243. The SMILES string of the molecule is CCCCCCCCCC/C=C\CCCCCCCCCCCCCCCCCC(=O)NC(COP(=O)(O)OCC[N+](C)(C)C)C(O)/C=C/CCCCCCCCCCCCCCCCCCCCCCCCCC. The third kappa shape index (κ3) is 60.5. The number of unbranched alkanes of at least 4 members (excludes halogenated alkanes) is 47. The van der Waals surface area contributed by atoms with E-state index in [1.54, 1.807) is 6.08 Å². The van der Waals surface area contributed by atoms with Gasteiger partial charge in [0.2, 0.25) is 5.91 Å². The van der Waals surface area contributed by atoms with E-state index in [0.29, 0.717) is 17.4 Å². The van der Waals surface area contributed by atoms with E-state index >= 15 is 0 Å². The van der Waals surface area contributed by atoms with Crippen molar-refractivity contribution in [3.63, 3.8) is 0 Å². The average molecular weight is 1080 g/mol. The maximum Gasteiger partial charge on any atom is 0.472 e. The fraction of sp³-hybridized carbons (Fsp3) is 0.924. The number of hydrogen-bond donors (Lipinski definition) is 3. The Morgan fingerprint density at radius 3 is 1.03 bits per heavy atom. The minimum Gasteiger partial charge on any atom is -0.387 e. The predicted octanol–water partition coefficient (Wildman–Crippen LogP) is 20.7. The Morgan fingerprint density at radius 1 is 0.440 bits per heavy atom. The van der Waals surface area contributed by atoms with E-state index in [2.05, 4.69) is 31.3 Å². The van der Waals surface area contributed by atoms with E-state index in [0.717, 1.165) is 32.1 Å². The van der Waals surface area contributed by atoms with Gasteiger partial charge < -0.3 is 19.8 Å². The van der Waals surface area contributed by atoms with Crippen molar-refractivity contribution in [2.24, 2.45) is 0 Å². The first-order valence-electron chi connectivity index (χ1n) is 33.2. The van der Waals surface area contributed by atoms with E-state index in [4.69, 9.17) is 9.05 Å². The Hall–Kier alpha value is -1.02. The fourth-order valence-electron chi connectivity index (χ4n) is 10.2. The molecule has 0 aromatic rings. The second kappa shape index (κ2) is 57.7. The van der Waals surface area contributed by atoms with Crippen LogP contribution in [0.1, 0.15) is 341 Å². The molecule has 3 atom stereocenters. The molecular formula is C66H132N2O6P+. The average Bonchev–Trinajstić information content (AvgIpc) is 3.37. The predicted molar refractivity (Wildman–Crippen MR) is 328 cm³/mol. The molecule has 446 valence electrons. The van der Waals surface area contributed by atoms with Crippen LogP contribution in [0.5, 0.6) is 0 Å². The van der Waals surface area contributed by atoms with Gasteiger partial charge in [-0.15, -0.1) is 0 Å². The topological polar surface area (TPSA) is 105 Å². The Morgan fingerprint density at radius 2 is 0.720 bits per heavy atom. The first kappa shape index (κ1) is 74.0. The number of likely N-dealkylation sites (N-methyl/N-ethyl adjacent to an activating group) is 1. The van der Waals surface area contributed by atoms with Gasteiger partial charge in [0.05, 0.1) is 39.9 Å². The largest absolute Gasteiger partial charge is 0.472 e. The molecule has 0 bridgehead atoms. The molecule has 0 spiro atoms. The molecule has 3 unspecified atom stereocenters. The number of quaternary nitrogens is 1. The second-order valence-corrected chi connectivity index (χ2v) is 25.7. The number of allylic oxidation sites excluding steroid dienone is 3. The molecule has 0 saturated heterocycles. The van der Waals surface area contributed by atoms with Gasteiger partial charge in [0.15, 0.2) is 0 Å². The molecule has 8 nitrogen and oxygen atoms in total. The molecule has 3 N–H and O–H groups in total. The van der Waals surface area contributed by atoms with Crippen LogP contribution < -0.4 is 5.32 Å². The zero-order chi connectivity index (χ0) is 54.9. The Kier molecular flexibility index (Phi) is 56.9. The third-order valence-corrected chi connectivity index (χ3v) is 16.4. The van der Waals surface area contributed by atoms with E-state index in [-0.39, 0.29) is 19.1 Å². The highest BCUT2D eigenvalue weighted by Crippen LogP contribution is 2.43. The molecule has 0 fully saturated rings. The number of aliphatic hydroxyl groups excluding tert-OH is 1. The molecule has 0 radical (unpaired) electrons. The summed E-state index contributed by atoms with van der Waals surface area (Å²) in [5.74, 6) is -0.170. The molecule has 0 aliphatic heterocycles. The lowest BCUT2D eigenvalue weighted by molar-refractivity contribution is -0.870. The summed E-state index contributed by atoms with van der Waals surface area (Å²) < 4.78 is 23.8. The number of carbonyl (C=O) groups excluding carboxylic acids is 1. The monoisotopic (exact) mass is 1080 g/mol. The summed E-state index contributed by atoms with van der Waals surface area (Å²) in [6.07, 6.45) is 74.5. The molecule has 1 amide bonds. The summed E-state index contributed by atoms with van der Waals surface area (Å²) in [6.45, 7) is 4.87. The van der Waals surface area contributed by atoms with Crippen LogP contribution in [-0.4, -0.2) is 73.4 Å². The van der Waals surface area contributed by atoms with Crippen molar-refractivity contribution in [3.8, 4) is 0 Å².